The normalized spacial score (nSPS) is 16.1. The van der Waals surface area contributed by atoms with E-state index in [1.165, 1.54) is 16.7 Å². The molecule has 1 heterocycles. The Bertz CT molecular complexity index is 648. The Labute approximate surface area is 152 Å². The highest BCUT2D eigenvalue weighted by Crippen LogP contribution is 2.24. The van der Waals surface area contributed by atoms with Crippen LogP contribution < -0.4 is 4.74 Å². The summed E-state index contributed by atoms with van der Waals surface area (Å²) in [4.78, 5) is 4.88. The summed E-state index contributed by atoms with van der Waals surface area (Å²) in [6.45, 7) is 8.58. The average molecular weight is 338 g/mol. The number of ether oxygens (including phenoxy) is 1. The van der Waals surface area contributed by atoms with Crippen LogP contribution >= 0.6 is 0 Å². The Kier molecular flexibility index (Phi) is 6.48. The number of hydrogen-bond donors (Lipinski definition) is 0. The van der Waals surface area contributed by atoms with Crippen molar-refractivity contribution >= 4 is 0 Å². The molecule has 0 amide bonds. The van der Waals surface area contributed by atoms with Crippen molar-refractivity contribution in [2.24, 2.45) is 0 Å². The summed E-state index contributed by atoms with van der Waals surface area (Å²) < 4.78 is 6.18. The third-order valence-corrected chi connectivity index (χ3v) is 5.03. The molecule has 1 fully saturated rings. The molecule has 3 rings (SSSR count). The topological polar surface area (TPSA) is 15.7 Å². The molecule has 25 heavy (non-hydrogen) atoms. The van der Waals surface area contributed by atoms with Crippen LogP contribution in [0.25, 0.3) is 0 Å². The van der Waals surface area contributed by atoms with E-state index in [1.807, 2.05) is 0 Å². The molecule has 0 bridgehead atoms. The first kappa shape index (κ1) is 18.0. The van der Waals surface area contributed by atoms with Crippen LogP contribution in [0, 0.1) is 0 Å². The first-order chi connectivity index (χ1) is 12.2. The molecule has 1 saturated heterocycles. The second-order valence-corrected chi connectivity index (χ2v) is 6.95. The second kappa shape index (κ2) is 9.02. The maximum atomic E-state index is 6.18. The number of piperazine rings is 1. The molecule has 0 spiro atoms. The van der Waals surface area contributed by atoms with E-state index in [-0.39, 0.29) is 0 Å². The number of hydrogen-bond acceptors (Lipinski definition) is 3. The monoisotopic (exact) mass is 338 g/mol. The van der Waals surface area contributed by atoms with Gasteiger partial charge in [0.2, 0.25) is 0 Å². The molecule has 0 atom stereocenters. The SMILES string of the molecule is CCc1ccc(OCCN2CCN(C)CC2)c(Cc2ccccc2)c1. The fourth-order valence-corrected chi connectivity index (χ4v) is 3.30. The molecule has 0 aliphatic carbocycles. The van der Waals surface area contributed by atoms with Crippen molar-refractivity contribution in [3.05, 3.63) is 65.2 Å². The quantitative estimate of drug-likeness (QED) is 0.769. The Morgan fingerprint density at radius 1 is 0.920 bits per heavy atom. The third-order valence-electron chi connectivity index (χ3n) is 5.03. The largest absolute Gasteiger partial charge is 0.492 e. The lowest BCUT2D eigenvalue weighted by atomic mass is 10.0. The lowest BCUT2D eigenvalue weighted by Crippen LogP contribution is -2.45. The molecule has 3 heteroatoms. The summed E-state index contributed by atoms with van der Waals surface area (Å²) in [5.41, 5.74) is 4.00. The lowest BCUT2D eigenvalue weighted by molar-refractivity contribution is 0.133. The minimum atomic E-state index is 0.761. The molecule has 2 aromatic rings. The van der Waals surface area contributed by atoms with Gasteiger partial charge in [-0.15, -0.1) is 0 Å². The van der Waals surface area contributed by atoms with Crippen LogP contribution in [-0.2, 0) is 12.8 Å². The van der Waals surface area contributed by atoms with Gasteiger partial charge in [-0.1, -0.05) is 49.4 Å². The van der Waals surface area contributed by atoms with Gasteiger partial charge < -0.3 is 9.64 Å². The summed E-state index contributed by atoms with van der Waals surface area (Å²) in [5, 5.41) is 0. The zero-order valence-corrected chi connectivity index (χ0v) is 15.6. The standard InChI is InChI=1S/C22H30N2O/c1-3-19-9-10-22(21(17-19)18-20-7-5-4-6-8-20)25-16-15-24-13-11-23(2)12-14-24/h4-10,17H,3,11-16,18H2,1-2H3. The van der Waals surface area contributed by atoms with E-state index < -0.39 is 0 Å². The molecule has 1 aliphatic rings. The van der Waals surface area contributed by atoms with E-state index in [4.69, 9.17) is 4.74 Å². The zero-order chi connectivity index (χ0) is 17.5. The van der Waals surface area contributed by atoms with Crippen molar-refractivity contribution in [3.63, 3.8) is 0 Å². The van der Waals surface area contributed by atoms with Gasteiger partial charge in [0.1, 0.15) is 12.4 Å². The van der Waals surface area contributed by atoms with Crippen LogP contribution in [0.3, 0.4) is 0 Å². The fraction of sp³-hybridized carbons (Fsp3) is 0.455. The van der Waals surface area contributed by atoms with E-state index in [0.29, 0.717) is 0 Å². The molecule has 1 aliphatic heterocycles. The molecular weight excluding hydrogens is 308 g/mol. The molecule has 0 unspecified atom stereocenters. The van der Waals surface area contributed by atoms with Gasteiger partial charge in [-0.25, -0.2) is 0 Å². The van der Waals surface area contributed by atoms with E-state index in [9.17, 15) is 0 Å². The average Bonchev–Trinajstić information content (AvgIpc) is 2.65. The Balaban J connectivity index is 1.61. The molecule has 0 radical (unpaired) electrons. The molecule has 3 nitrogen and oxygen atoms in total. The van der Waals surface area contributed by atoms with Crippen molar-refractivity contribution in [1.82, 2.24) is 9.80 Å². The Morgan fingerprint density at radius 3 is 2.40 bits per heavy atom. The number of rotatable bonds is 7. The van der Waals surface area contributed by atoms with Gasteiger partial charge in [-0.3, -0.25) is 4.90 Å². The maximum Gasteiger partial charge on any atom is 0.122 e. The highest BCUT2D eigenvalue weighted by molar-refractivity contribution is 5.40. The summed E-state index contributed by atoms with van der Waals surface area (Å²) >= 11 is 0. The lowest BCUT2D eigenvalue weighted by Gasteiger charge is -2.32. The molecule has 0 N–H and O–H groups in total. The van der Waals surface area contributed by atoms with Crippen molar-refractivity contribution in [1.29, 1.82) is 0 Å². The van der Waals surface area contributed by atoms with Gasteiger partial charge in [-0.2, -0.15) is 0 Å². The summed E-state index contributed by atoms with van der Waals surface area (Å²) in [6.07, 6.45) is 1.99. The number of benzene rings is 2. The van der Waals surface area contributed by atoms with E-state index in [1.54, 1.807) is 0 Å². The fourth-order valence-electron chi connectivity index (χ4n) is 3.30. The first-order valence-electron chi connectivity index (χ1n) is 9.44. The molecule has 2 aromatic carbocycles. The van der Waals surface area contributed by atoms with E-state index >= 15 is 0 Å². The predicted octanol–water partition coefficient (Wildman–Crippen LogP) is 3.47. The van der Waals surface area contributed by atoms with E-state index in [0.717, 1.165) is 57.9 Å². The van der Waals surface area contributed by atoms with E-state index in [2.05, 4.69) is 72.3 Å². The van der Waals surface area contributed by atoms with Crippen LogP contribution in [0.4, 0.5) is 0 Å². The highest BCUT2D eigenvalue weighted by Gasteiger charge is 2.13. The minimum absolute atomic E-state index is 0.761. The van der Waals surface area contributed by atoms with Crippen LogP contribution in [0.5, 0.6) is 5.75 Å². The second-order valence-electron chi connectivity index (χ2n) is 6.95. The van der Waals surface area contributed by atoms with Gasteiger partial charge >= 0.3 is 0 Å². The Hall–Kier alpha value is -1.84. The smallest absolute Gasteiger partial charge is 0.122 e. The predicted molar refractivity (Wildman–Crippen MR) is 105 cm³/mol. The van der Waals surface area contributed by atoms with Gasteiger partial charge in [0.05, 0.1) is 0 Å². The van der Waals surface area contributed by atoms with Crippen molar-refractivity contribution in [3.8, 4) is 5.75 Å². The number of aryl methyl sites for hydroxylation is 1. The van der Waals surface area contributed by atoms with Gasteiger partial charge in [0, 0.05) is 39.1 Å². The Morgan fingerprint density at radius 2 is 1.68 bits per heavy atom. The molecule has 0 aromatic heterocycles. The van der Waals surface area contributed by atoms with Crippen LogP contribution in [0.15, 0.2) is 48.5 Å². The summed E-state index contributed by atoms with van der Waals surface area (Å²) in [5.74, 6) is 1.04. The van der Waals surface area contributed by atoms with Gasteiger partial charge in [-0.05, 0) is 36.2 Å². The van der Waals surface area contributed by atoms with Gasteiger partial charge in [0.15, 0.2) is 0 Å². The van der Waals surface area contributed by atoms with Crippen molar-refractivity contribution in [2.45, 2.75) is 19.8 Å². The third kappa shape index (κ3) is 5.32. The first-order valence-corrected chi connectivity index (χ1v) is 9.44. The summed E-state index contributed by atoms with van der Waals surface area (Å²) in [6, 6.07) is 17.3. The maximum absolute atomic E-state index is 6.18. The number of nitrogens with zero attached hydrogens (tertiary/aromatic N) is 2. The zero-order valence-electron chi connectivity index (χ0n) is 15.6. The molecule has 134 valence electrons. The van der Waals surface area contributed by atoms with Gasteiger partial charge in [0.25, 0.3) is 0 Å². The highest BCUT2D eigenvalue weighted by atomic mass is 16.5. The minimum Gasteiger partial charge on any atom is -0.492 e. The van der Waals surface area contributed by atoms with Crippen molar-refractivity contribution in [2.75, 3.05) is 46.4 Å². The molecular formula is C22H30N2O. The van der Waals surface area contributed by atoms with Crippen LogP contribution in [0.1, 0.15) is 23.6 Å². The van der Waals surface area contributed by atoms with Crippen molar-refractivity contribution < 1.29 is 4.74 Å². The van der Waals surface area contributed by atoms with Crippen LogP contribution in [-0.4, -0.2) is 56.2 Å². The molecule has 0 saturated carbocycles. The number of likely N-dealkylation sites (N-methyl/N-ethyl adjacent to an activating group) is 1. The van der Waals surface area contributed by atoms with Crippen LogP contribution in [0.2, 0.25) is 0 Å². The summed E-state index contributed by atoms with van der Waals surface area (Å²) in [7, 11) is 2.19.